The summed E-state index contributed by atoms with van der Waals surface area (Å²) >= 11 is 6.38. The largest absolute Gasteiger partial charge is 0.459 e. The number of amides is 2. The van der Waals surface area contributed by atoms with E-state index in [1.54, 1.807) is 35.9 Å². The summed E-state index contributed by atoms with van der Waals surface area (Å²) in [6.45, 7) is 5.55. The van der Waals surface area contributed by atoms with Crippen molar-refractivity contribution in [1.29, 1.82) is 0 Å². The van der Waals surface area contributed by atoms with Crippen LogP contribution in [0.15, 0.2) is 71.3 Å². The fourth-order valence-corrected chi connectivity index (χ4v) is 3.83. The zero-order chi connectivity index (χ0) is 23.5. The van der Waals surface area contributed by atoms with Crippen LogP contribution < -0.4 is 10.6 Å². The maximum atomic E-state index is 12.8. The fourth-order valence-electron chi connectivity index (χ4n) is 3.60. The number of anilines is 2. The predicted octanol–water partition coefficient (Wildman–Crippen LogP) is 5.87. The van der Waals surface area contributed by atoms with Gasteiger partial charge in [0.15, 0.2) is 5.76 Å². The Kier molecular flexibility index (Phi) is 6.33. The van der Waals surface area contributed by atoms with Gasteiger partial charge >= 0.3 is 0 Å². The molecule has 2 aromatic heterocycles. The molecule has 0 spiro atoms. The lowest BCUT2D eigenvalue weighted by molar-refractivity contribution is -0.119. The lowest BCUT2D eigenvalue weighted by Gasteiger charge is -2.16. The number of halogens is 1. The van der Waals surface area contributed by atoms with E-state index >= 15 is 0 Å². The van der Waals surface area contributed by atoms with Crippen molar-refractivity contribution < 1.29 is 14.0 Å². The van der Waals surface area contributed by atoms with Gasteiger partial charge in [-0.15, -0.1) is 0 Å². The molecule has 7 nitrogen and oxygen atoms in total. The average molecular weight is 463 g/mol. The first-order chi connectivity index (χ1) is 15.8. The maximum Gasteiger partial charge on any atom is 0.292 e. The minimum atomic E-state index is -0.510. The van der Waals surface area contributed by atoms with E-state index in [0.29, 0.717) is 22.0 Å². The number of carbonyl (C=O) groups excluding carboxylic acids is 2. The van der Waals surface area contributed by atoms with E-state index in [2.05, 4.69) is 15.7 Å². The molecule has 4 aromatic rings. The normalized spacial score (nSPS) is 11.8. The molecule has 2 heterocycles. The fraction of sp³-hybridized carbons (Fsp3) is 0.160. The molecule has 0 fully saturated rings. The van der Waals surface area contributed by atoms with Crippen LogP contribution in [-0.4, -0.2) is 21.6 Å². The molecule has 2 N–H and O–H groups in total. The number of carbonyl (C=O) groups is 2. The first kappa shape index (κ1) is 22.4. The Morgan fingerprint density at radius 2 is 1.79 bits per heavy atom. The topological polar surface area (TPSA) is 89.2 Å². The monoisotopic (exact) mass is 462 g/mol. The number of hydrogen-bond donors (Lipinski definition) is 2. The van der Waals surface area contributed by atoms with Crippen molar-refractivity contribution in [3.8, 4) is 11.1 Å². The minimum absolute atomic E-state index is 0.202. The molecule has 168 valence electrons. The van der Waals surface area contributed by atoms with Crippen molar-refractivity contribution >= 4 is 34.8 Å². The number of hydrogen-bond acceptors (Lipinski definition) is 4. The second-order valence-corrected chi connectivity index (χ2v) is 8.12. The molecule has 1 atom stereocenters. The van der Waals surface area contributed by atoms with Crippen LogP contribution >= 0.6 is 11.6 Å². The van der Waals surface area contributed by atoms with Gasteiger partial charge in [0, 0.05) is 16.9 Å². The van der Waals surface area contributed by atoms with E-state index in [0.717, 1.165) is 17.0 Å². The van der Waals surface area contributed by atoms with E-state index < -0.39 is 11.9 Å². The summed E-state index contributed by atoms with van der Waals surface area (Å²) in [5.41, 5.74) is 4.23. The number of furan rings is 1. The zero-order valence-corrected chi connectivity index (χ0v) is 19.2. The van der Waals surface area contributed by atoms with Gasteiger partial charge in [-0.1, -0.05) is 41.9 Å². The van der Waals surface area contributed by atoms with E-state index in [9.17, 15) is 9.59 Å². The van der Waals surface area contributed by atoms with Gasteiger partial charge in [-0.05, 0) is 56.7 Å². The number of aromatic nitrogens is 2. The Labute approximate surface area is 196 Å². The first-order valence-electron chi connectivity index (χ1n) is 10.4. The number of nitrogens with one attached hydrogen (secondary N) is 2. The summed E-state index contributed by atoms with van der Waals surface area (Å²) < 4.78 is 7.10. The third kappa shape index (κ3) is 4.83. The second kappa shape index (κ2) is 9.34. The average Bonchev–Trinajstić information content (AvgIpc) is 3.42. The van der Waals surface area contributed by atoms with Crippen molar-refractivity contribution in [2.24, 2.45) is 0 Å². The first-order valence-corrected chi connectivity index (χ1v) is 10.8. The van der Waals surface area contributed by atoms with Crippen molar-refractivity contribution in [2.45, 2.75) is 26.8 Å². The quantitative estimate of drug-likeness (QED) is 0.375. The van der Waals surface area contributed by atoms with Crippen molar-refractivity contribution in [3.63, 3.8) is 0 Å². The Hall–Kier alpha value is -3.84. The Morgan fingerprint density at radius 1 is 1.03 bits per heavy atom. The summed E-state index contributed by atoms with van der Waals surface area (Å²) in [6.07, 6.45) is 1.48. The number of aryl methyl sites for hydroxylation is 2. The third-order valence-electron chi connectivity index (χ3n) is 5.23. The van der Waals surface area contributed by atoms with E-state index in [-0.39, 0.29) is 11.7 Å². The highest BCUT2D eigenvalue weighted by atomic mass is 35.5. The van der Waals surface area contributed by atoms with Gasteiger partial charge < -0.3 is 15.1 Å². The molecule has 0 aliphatic heterocycles. The van der Waals surface area contributed by atoms with Crippen LogP contribution in [0.2, 0.25) is 5.02 Å². The molecule has 33 heavy (non-hydrogen) atoms. The van der Waals surface area contributed by atoms with E-state index in [1.165, 1.54) is 6.26 Å². The van der Waals surface area contributed by atoms with Crippen molar-refractivity contribution in [2.75, 3.05) is 10.6 Å². The summed E-state index contributed by atoms with van der Waals surface area (Å²) in [4.78, 5) is 25.5. The van der Waals surface area contributed by atoms with Crippen LogP contribution in [0.1, 0.15) is 34.9 Å². The van der Waals surface area contributed by atoms with E-state index in [4.69, 9.17) is 16.0 Å². The molecule has 0 saturated heterocycles. The molecule has 2 amide bonds. The zero-order valence-electron chi connectivity index (χ0n) is 18.4. The lowest BCUT2D eigenvalue weighted by atomic mass is 10.1. The van der Waals surface area contributed by atoms with Crippen LogP contribution in [0, 0.1) is 13.8 Å². The smallest absolute Gasteiger partial charge is 0.292 e. The van der Waals surface area contributed by atoms with Crippen molar-refractivity contribution in [3.05, 3.63) is 89.1 Å². The van der Waals surface area contributed by atoms with Crippen LogP contribution in [0.4, 0.5) is 11.4 Å². The predicted molar refractivity (Wildman–Crippen MR) is 129 cm³/mol. The van der Waals surface area contributed by atoms with Gasteiger partial charge in [-0.25, -0.2) is 0 Å². The standard InChI is InChI=1S/C25H23ClN4O3/c1-15-13-16(2)30(29-15)17(3)24(31)28-22-10-9-19(14-21(22)26)27-25(32)23-20(11-12-33-23)18-7-5-4-6-8-18/h4-14,17H,1-3H3,(H,27,32)(H,28,31). The molecule has 0 bridgehead atoms. The Morgan fingerprint density at radius 3 is 2.45 bits per heavy atom. The molecule has 0 aliphatic rings. The molecule has 4 rings (SSSR count). The summed E-state index contributed by atoms with van der Waals surface area (Å²) in [6, 6.07) is 17.5. The van der Waals surface area contributed by atoms with Crippen LogP contribution in [0.3, 0.4) is 0 Å². The SMILES string of the molecule is Cc1cc(C)n(C(C)C(=O)Nc2ccc(NC(=O)c3occc3-c3ccccc3)cc2Cl)n1. The molecule has 0 aliphatic carbocycles. The molecular formula is C25H23ClN4O3. The van der Waals surface area contributed by atoms with Gasteiger partial charge in [-0.3, -0.25) is 14.3 Å². The minimum Gasteiger partial charge on any atom is -0.459 e. The number of rotatable bonds is 6. The molecule has 8 heteroatoms. The van der Waals surface area contributed by atoms with Gasteiger partial charge in [0.05, 0.1) is 22.7 Å². The highest BCUT2D eigenvalue weighted by Gasteiger charge is 2.20. The Bertz CT molecular complexity index is 1310. The molecule has 0 saturated carbocycles. The number of benzene rings is 2. The molecule has 0 radical (unpaired) electrons. The van der Waals surface area contributed by atoms with Crippen LogP contribution in [-0.2, 0) is 4.79 Å². The highest BCUT2D eigenvalue weighted by Crippen LogP contribution is 2.29. The second-order valence-electron chi connectivity index (χ2n) is 7.72. The highest BCUT2D eigenvalue weighted by molar-refractivity contribution is 6.34. The maximum absolute atomic E-state index is 12.8. The van der Waals surface area contributed by atoms with Crippen molar-refractivity contribution in [1.82, 2.24) is 9.78 Å². The van der Waals surface area contributed by atoms with Crippen LogP contribution in [0.25, 0.3) is 11.1 Å². The van der Waals surface area contributed by atoms with Gasteiger partial charge in [0.1, 0.15) is 6.04 Å². The molecular weight excluding hydrogens is 440 g/mol. The molecule has 2 aromatic carbocycles. The van der Waals surface area contributed by atoms with Gasteiger partial charge in [-0.2, -0.15) is 5.10 Å². The van der Waals surface area contributed by atoms with Gasteiger partial charge in [0.25, 0.3) is 5.91 Å². The van der Waals surface area contributed by atoms with E-state index in [1.807, 2.05) is 50.2 Å². The van der Waals surface area contributed by atoms with Gasteiger partial charge in [0.2, 0.25) is 5.91 Å². The lowest BCUT2D eigenvalue weighted by Crippen LogP contribution is -2.25. The number of nitrogens with zero attached hydrogens (tertiary/aromatic N) is 2. The summed E-state index contributed by atoms with van der Waals surface area (Å²) in [5, 5.41) is 10.3. The Balaban J connectivity index is 1.46. The van der Waals surface area contributed by atoms with Crippen LogP contribution in [0.5, 0.6) is 0 Å². The molecule has 1 unspecified atom stereocenters. The summed E-state index contributed by atoms with van der Waals surface area (Å²) in [5.74, 6) is -0.443. The third-order valence-corrected chi connectivity index (χ3v) is 5.54. The summed E-state index contributed by atoms with van der Waals surface area (Å²) in [7, 11) is 0.